The second kappa shape index (κ2) is 11.9. The minimum atomic E-state index is -0.437. The normalized spacial score (nSPS) is 18.0. The zero-order valence-corrected chi connectivity index (χ0v) is 26.6. The summed E-state index contributed by atoms with van der Waals surface area (Å²) in [6.07, 6.45) is 3.26. The fraction of sp³-hybridized carbons (Fsp3) is 0.400. The van der Waals surface area contributed by atoms with Crippen molar-refractivity contribution >= 4 is 0 Å². The van der Waals surface area contributed by atoms with Crippen LogP contribution in [0.3, 0.4) is 0 Å². The van der Waals surface area contributed by atoms with E-state index in [4.69, 9.17) is 9.47 Å². The number of hydrogen-bond donors (Lipinski definition) is 2. The Kier molecular flexibility index (Phi) is 8.32. The first-order chi connectivity index (χ1) is 21.3. The first kappa shape index (κ1) is 30.7. The van der Waals surface area contributed by atoms with Crippen molar-refractivity contribution in [1.29, 1.82) is 0 Å². The molecule has 2 N–H and O–H groups in total. The van der Waals surface area contributed by atoms with Gasteiger partial charge in [-0.1, -0.05) is 111 Å². The number of aliphatic hydroxyl groups excluding tert-OH is 2. The maximum absolute atomic E-state index is 10.8. The van der Waals surface area contributed by atoms with Crippen molar-refractivity contribution in [3.8, 4) is 22.3 Å². The van der Waals surface area contributed by atoms with Gasteiger partial charge in [0, 0.05) is 35.9 Å². The molecule has 0 spiro atoms. The van der Waals surface area contributed by atoms with E-state index < -0.39 is 10.8 Å². The molecule has 0 radical (unpaired) electrons. The van der Waals surface area contributed by atoms with Crippen LogP contribution in [-0.2, 0) is 20.3 Å². The average molecular weight is 591 g/mol. The zero-order chi connectivity index (χ0) is 31.0. The molecule has 230 valence electrons. The Morgan fingerprint density at radius 3 is 1.02 bits per heavy atom. The summed E-state index contributed by atoms with van der Waals surface area (Å²) in [5, 5.41) is 21.6. The highest BCUT2D eigenvalue weighted by Gasteiger charge is 2.52. The van der Waals surface area contributed by atoms with Crippen LogP contribution >= 0.6 is 0 Å². The maximum Gasteiger partial charge on any atom is 0.0538 e. The van der Waals surface area contributed by atoms with Gasteiger partial charge >= 0.3 is 0 Å². The third kappa shape index (κ3) is 4.93. The predicted octanol–water partition coefficient (Wildman–Crippen LogP) is 7.77. The molecular weight excluding hydrogens is 544 g/mol. The molecule has 0 saturated heterocycles. The van der Waals surface area contributed by atoms with Crippen LogP contribution in [0.5, 0.6) is 0 Å². The van der Waals surface area contributed by atoms with Crippen LogP contribution in [0.25, 0.3) is 22.3 Å². The molecule has 4 aromatic carbocycles. The lowest BCUT2D eigenvalue weighted by Crippen LogP contribution is -2.42. The second-order valence-electron chi connectivity index (χ2n) is 14.0. The van der Waals surface area contributed by atoms with Gasteiger partial charge in [-0.15, -0.1) is 0 Å². The van der Waals surface area contributed by atoms with Gasteiger partial charge in [0.1, 0.15) is 0 Å². The molecule has 4 heteroatoms. The van der Waals surface area contributed by atoms with Crippen LogP contribution in [0.1, 0.15) is 61.8 Å². The van der Waals surface area contributed by atoms with Crippen molar-refractivity contribution in [2.75, 3.05) is 40.6 Å². The van der Waals surface area contributed by atoms with E-state index in [1.807, 2.05) is 0 Å². The minimum Gasteiger partial charge on any atom is -0.396 e. The van der Waals surface area contributed by atoms with Crippen LogP contribution in [0.15, 0.2) is 97.1 Å². The largest absolute Gasteiger partial charge is 0.396 e. The third-order valence-electron chi connectivity index (χ3n) is 10.5. The van der Waals surface area contributed by atoms with Gasteiger partial charge in [0.25, 0.3) is 0 Å². The summed E-state index contributed by atoms with van der Waals surface area (Å²) in [5.41, 5.74) is 8.89. The highest BCUT2D eigenvalue weighted by Crippen LogP contribution is 2.61. The molecule has 4 aromatic rings. The van der Waals surface area contributed by atoms with Gasteiger partial charge in [0.05, 0.1) is 26.4 Å². The van der Waals surface area contributed by atoms with Crippen molar-refractivity contribution in [1.82, 2.24) is 0 Å². The molecule has 0 amide bonds. The van der Waals surface area contributed by atoms with Crippen molar-refractivity contribution in [2.24, 2.45) is 10.8 Å². The zero-order valence-electron chi connectivity index (χ0n) is 26.6. The Balaban J connectivity index is 1.56. The van der Waals surface area contributed by atoms with E-state index in [1.54, 1.807) is 14.2 Å². The minimum absolute atomic E-state index is 0.0418. The Morgan fingerprint density at radius 1 is 0.500 bits per heavy atom. The lowest BCUT2D eigenvalue weighted by Gasteiger charge is -2.45. The number of fused-ring (bicyclic) bond motifs is 6. The number of rotatable bonds is 13. The van der Waals surface area contributed by atoms with E-state index in [0.29, 0.717) is 13.2 Å². The van der Waals surface area contributed by atoms with Crippen molar-refractivity contribution in [2.45, 2.75) is 50.4 Å². The summed E-state index contributed by atoms with van der Waals surface area (Å²) in [6.45, 7) is 5.34. The summed E-state index contributed by atoms with van der Waals surface area (Å²) in [4.78, 5) is 0. The molecule has 4 nitrogen and oxygen atoms in total. The molecule has 6 rings (SSSR count). The number of hydrogen-bond acceptors (Lipinski definition) is 4. The van der Waals surface area contributed by atoms with Crippen molar-refractivity contribution in [3.63, 3.8) is 0 Å². The van der Waals surface area contributed by atoms with Crippen LogP contribution in [0, 0.1) is 10.8 Å². The van der Waals surface area contributed by atoms with E-state index >= 15 is 0 Å². The molecule has 2 unspecified atom stereocenters. The fourth-order valence-electron chi connectivity index (χ4n) is 8.81. The number of aliphatic hydroxyl groups is 2. The maximum atomic E-state index is 10.8. The SMILES string of the molecule is COCC(C)(CO)CC1(CCC2(CC(C)(CO)COC)c3ccccc3-c3ccccc32)c2ccccc2-c2ccccc21. The summed E-state index contributed by atoms with van der Waals surface area (Å²) < 4.78 is 11.5. The average Bonchev–Trinajstić information content (AvgIpc) is 3.48. The third-order valence-corrected chi connectivity index (χ3v) is 10.5. The monoisotopic (exact) mass is 590 g/mol. The van der Waals surface area contributed by atoms with Crippen molar-refractivity contribution in [3.05, 3.63) is 119 Å². The van der Waals surface area contributed by atoms with Gasteiger partial charge in [-0.05, 0) is 70.2 Å². The lowest BCUT2D eigenvalue weighted by atomic mass is 9.59. The number of ether oxygens (including phenoxy) is 2. The Labute approximate surface area is 262 Å². The summed E-state index contributed by atoms with van der Waals surface area (Å²) in [7, 11) is 3.45. The van der Waals surface area contributed by atoms with E-state index in [-0.39, 0.29) is 24.0 Å². The van der Waals surface area contributed by atoms with Gasteiger partial charge < -0.3 is 19.7 Å². The molecule has 0 heterocycles. The highest BCUT2D eigenvalue weighted by molar-refractivity contribution is 5.82. The van der Waals surface area contributed by atoms with Crippen LogP contribution in [-0.4, -0.2) is 50.9 Å². The summed E-state index contributed by atoms with van der Waals surface area (Å²) >= 11 is 0. The molecule has 0 aliphatic heterocycles. The molecule has 0 saturated carbocycles. The Morgan fingerprint density at radius 2 is 0.773 bits per heavy atom. The van der Waals surface area contributed by atoms with E-state index in [2.05, 4.69) is 111 Å². The highest BCUT2D eigenvalue weighted by atomic mass is 16.5. The summed E-state index contributed by atoms with van der Waals surface area (Å²) in [6, 6.07) is 35.3. The lowest BCUT2D eigenvalue weighted by molar-refractivity contribution is 0.0160. The topological polar surface area (TPSA) is 58.9 Å². The predicted molar refractivity (Wildman–Crippen MR) is 178 cm³/mol. The van der Waals surface area contributed by atoms with E-state index in [1.165, 1.54) is 44.5 Å². The molecule has 2 aliphatic carbocycles. The molecule has 2 aliphatic rings. The molecule has 0 aromatic heterocycles. The molecule has 44 heavy (non-hydrogen) atoms. The van der Waals surface area contributed by atoms with Crippen molar-refractivity contribution < 1.29 is 19.7 Å². The van der Waals surface area contributed by atoms with Gasteiger partial charge in [-0.25, -0.2) is 0 Å². The Bertz CT molecular complexity index is 1410. The van der Waals surface area contributed by atoms with Crippen LogP contribution < -0.4 is 0 Å². The smallest absolute Gasteiger partial charge is 0.0538 e. The van der Waals surface area contributed by atoms with E-state index in [0.717, 1.165) is 25.7 Å². The molecule has 0 bridgehead atoms. The first-order valence-electron chi connectivity index (χ1n) is 15.9. The standard InChI is InChI=1S/C40H46O4/c1-37(25-41,27-43-3)23-39(33-17-9-5-13-29(33)30-14-6-10-18-34(30)39)21-22-40(24-38(2,26-42)28-44-4)35-19-11-7-15-31(35)32-16-8-12-20-36(32)40/h5-20,41-42H,21-28H2,1-4H3. The Hall–Kier alpha value is -3.28. The first-order valence-corrected chi connectivity index (χ1v) is 15.9. The molecule has 2 atom stereocenters. The molecular formula is C40H46O4. The van der Waals surface area contributed by atoms with Crippen LogP contribution in [0.2, 0.25) is 0 Å². The number of methoxy groups -OCH3 is 2. The van der Waals surface area contributed by atoms with Gasteiger partial charge in [-0.3, -0.25) is 0 Å². The van der Waals surface area contributed by atoms with Gasteiger partial charge in [0.2, 0.25) is 0 Å². The summed E-state index contributed by atoms with van der Waals surface area (Å²) in [5.74, 6) is 0. The van der Waals surface area contributed by atoms with Gasteiger partial charge in [0.15, 0.2) is 0 Å². The second-order valence-corrected chi connectivity index (χ2v) is 14.0. The van der Waals surface area contributed by atoms with E-state index in [9.17, 15) is 10.2 Å². The van der Waals surface area contributed by atoms with Crippen LogP contribution in [0.4, 0.5) is 0 Å². The fourth-order valence-corrected chi connectivity index (χ4v) is 8.81. The van der Waals surface area contributed by atoms with Gasteiger partial charge in [-0.2, -0.15) is 0 Å². The number of benzene rings is 4. The molecule has 0 fully saturated rings. The quantitative estimate of drug-likeness (QED) is 0.167.